The lowest BCUT2D eigenvalue weighted by molar-refractivity contribution is 0.441. The molecule has 5 heteroatoms. The topological polar surface area (TPSA) is 84.6 Å². The van der Waals surface area contributed by atoms with E-state index in [1.807, 2.05) is 37.3 Å². The molecule has 0 spiro atoms. The molecule has 0 bridgehead atoms. The van der Waals surface area contributed by atoms with E-state index in [0.29, 0.717) is 19.5 Å². The number of rotatable bonds is 7. The van der Waals surface area contributed by atoms with Crippen LogP contribution in [0.15, 0.2) is 35.4 Å². The monoisotopic (exact) mass is 243 g/mol. The Morgan fingerprint density at radius 2 is 2.17 bits per heavy atom. The molecule has 1 aromatic rings. The lowest BCUT2D eigenvalue weighted by atomic mass is 9.94. The maximum atomic E-state index is 9.25. The summed E-state index contributed by atoms with van der Waals surface area (Å²) in [4.78, 5) is 2.69. The van der Waals surface area contributed by atoms with Crippen LogP contribution >= 0.6 is 0 Å². The summed E-state index contributed by atoms with van der Waals surface area (Å²) in [6, 6.07) is 12.2. The highest BCUT2D eigenvalue weighted by Crippen LogP contribution is 2.12. The molecule has 0 aliphatic carbocycles. The quantitative estimate of drug-likeness (QED) is 0.345. The van der Waals surface area contributed by atoms with Crippen molar-refractivity contribution >= 4 is 0 Å². The number of hydrogen-bond acceptors (Lipinski definition) is 3. The van der Waals surface area contributed by atoms with Crippen molar-refractivity contribution in [3.05, 3.63) is 46.3 Å². The summed E-state index contributed by atoms with van der Waals surface area (Å²) in [5.74, 6) is 0. The summed E-state index contributed by atoms with van der Waals surface area (Å²) in [7, 11) is 0. The van der Waals surface area contributed by atoms with Crippen LogP contribution in [0.1, 0.15) is 18.9 Å². The van der Waals surface area contributed by atoms with Gasteiger partial charge in [-0.3, -0.25) is 5.32 Å². The maximum absolute atomic E-state index is 9.25. The van der Waals surface area contributed by atoms with Crippen molar-refractivity contribution in [2.75, 3.05) is 13.1 Å². The highest BCUT2D eigenvalue weighted by atomic mass is 15.1. The zero-order valence-corrected chi connectivity index (χ0v) is 10.5. The summed E-state index contributed by atoms with van der Waals surface area (Å²) >= 11 is 0. The SMILES string of the molecule is CC(C#N)(Cc1ccccc1)NCCCN=[N+]=[N-]. The Bertz CT molecular complexity index is 444. The van der Waals surface area contributed by atoms with Crippen LogP contribution in [-0.2, 0) is 6.42 Å². The molecular weight excluding hydrogens is 226 g/mol. The maximum Gasteiger partial charge on any atom is 0.107 e. The van der Waals surface area contributed by atoms with Crippen LogP contribution in [0.2, 0.25) is 0 Å². The lowest BCUT2D eigenvalue weighted by Crippen LogP contribution is -2.43. The van der Waals surface area contributed by atoms with Crippen molar-refractivity contribution in [2.45, 2.75) is 25.3 Å². The van der Waals surface area contributed by atoms with Gasteiger partial charge >= 0.3 is 0 Å². The largest absolute Gasteiger partial charge is 0.299 e. The number of nitrogens with zero attached hydrogens (tertiary/aromatic N) is 4. The molecule has 0 amide bonds. The highest BCUT2D eigenvalue weighted by Gasteiger charge is 2.22. The van der Waals surface area contributed by atoms with Gasteiger partial charge < -0.3 is 0 Å². The Hall–Kier alpha value is -2.02. The van der Waals surface area contributed by atoms with Crippen LogP contribution in [-0.4, -0.2) is 18.6 Å². The Balaban J connectivity index is 2.47. The summed E-state index contributed by atoms with van der Waals surface area (Å²) < 4.78 is 0. The first kappa shape index (κ1) is 14.0. The third-order valence-corrected chi connectivity index (χ3v) is 2.66. The molecule has 1 unspecified atom stereocenters. The van der Waals surface area contributed by atoms with Gasteiger partial charge in [0.1, 0.15) is 5.54 Å². The predicted octanol–water partition coefficient (Wildman–Crippen LogP) is 2.80. The van der Waals surface area contributed by atoms with Crippen LogP contribution < -0.4 is 5.32 Å². The molecule has 1 atom stereocenters. The van der Waals surface area contributed by atoms with Crippen LogP contribution in [0.3, 0.4) is 0 Å². The average molecular weight is 243 g/mol. The van der Waals surface area contributed by atoms with Crippen LogP contribution in [0.25, 0.3) is 10.4 Å². The molecule has 0 aliphatic rings. The highest BCUT2D eigenvalue weighted by molar-refractivity contribution is 5.21. The van der Waals surface area contributed by atoms with Gasteiger partial charge in [-0.1, -0.05) is 35.4 Å². The van der Waals surface area contributed by atoms with E-state index >= 15 is 0 Å². The smallest absolute Gasteiger partial charge is 0.107 e. The summed E-state index contributed by atoms with van der Waals surface area (Å²) in [6.07, 6.45) is 1.39. The Labute approximate surface area is 107 Å². The number of hydrogen-bond donors (Lipinski definition) is 1. The van der Waals surface area contributed by atoms with Gasteiger partial charge in [0, 0.05) is 17.9 Å². The first-order valence-corrected chi connectivity index (χ1v) is 5.91. The van der Waals surface area contributed by atoms with E-state index in [9.17, 15) is 5.26 Å². The molecule has 94 valence electrons. The van der Waals surface area contributed by atoms with Gasteiger partial charge in [-0.15, -0.1) is 0 Å². The zero-order valence-electron chi connectivity index (χ0n) is 10.5. The first-order valence-electron chi connectivity index (χ1n) is 5.91. The van der Waals surface area contributed by atoms with E-state index in [1.54, 1.807) is 0 Å². The van der Waals surface area contributed by atoms with Crippen LogP contribution in [0, 0.1) is 11.3 Å². The molecule has 0 saturated heterocycles. The van der Waals surface area contributed by atoms with Crippen LogP contribution in [0.5, 0.6) is 0 Å². The second-order valence-electron chi connectivity index (χ2n) is 4.34. The van der Waals surface area contributed by atoms with E-state index in [1.165, 1.54) is 0 Å². The summed E-state index contributed by atoms with van der Waals surface area (Å²) in [6.45, 7) is 3.00. The third-order valence-electron chi connectivity index (χ3n) is 2.66. The zero-order chi connectivity index (χ0) is 13.3. The fourth-order valence-corrected chi connectivity index (χ4v) is 1.70. The number of benzene rings is 1. The van der Waals surface area contributed by atoms with Crippen LogP contribution in [0.4, 0.5) is 0 Å². The number of azide groups is 1. The van der Waals surface area contributed by atoms with E-state index < -0.39 is 5.54 Å². The molecule has 0 saturated carbocycles. The van der Waals surface area contributed by atoms with Crippen molar-refractivity contribution in [2.24, 2.45) is 5.11 Å². The minimum Gasteiger partial charge on any atom is -0.299 e. The molecular formula is C13H17N5. The average Bonchev–Trinajstić information content (AvgIpc) is 2.40. The van der Waals surface area contributed by atoms with Gasteiger partial charge in [0.05, 0.1) is 6.07 Å². The Morgan fingerprint density at radius 3 is 2.78 bits per heavy atom. The molecule has 18 heavy (non-hydrogen) atoms. The minimum absolute atomic E-state index is 0.455. The van der Waals surface area contributed by atoms with Gasteiger partial charge in [-0.25, -0.2) is 0 Å². The predicted molar refractivity (Wildman–Crippen MR) is 70.8 cm³/mol. The molecule has 1 aromatic carbocycles. The standard InChI is InChI=1S/C13H17N5/c1-13(11-14,16-8-5-9-17-18-15)10-12-6-3-2-4-7-12/h2-4,6-7,16H,5,8-10H2,1H3. The molecule has 0 aliphatic heterocycles. The lowest BCUT2D eigenvalue weighted by Gasteiger charge is -2.23. The molecule has 5 nitrogen and oxygen atoms in total. The van der Waals surface area contributed by atoms with E-state index in [4.69, 9.17) is 5.53 Å². The molecule has 1 rings (SSSR count). The van der Waals surface area contributed by atoms with Crippen molar-refractivity contribution in [1.29, 1.82) is 5.26 Å². The number of nitrogens with one attached hydrogen (secondary N) is 1. The second kappa shape index (κ2) is 7.33. The van der Waals surface area contributed by atoms with E-state index in [0.717, 1.165) is 12.0 Å². The van der Waals surface area contributed by atoms with Gasteiger partial charge in [0.15, 0.2) is 0 Å². The molecule has 0 radical (unpaired) electrons. The van der Waals surface area contributed by atoms with Crippen molar-refractivity contribution < 1.29 is 0 Å². The second-order valence-corrected chi connectivity index (χ2v) is 4.34. The minimum atomic E-state index is -0.586. The summed E-state index contributed by atoms with van der Waals surface area (Å²) in [5, 5.41) is 15.9. The molecule has 1 N–H and O–H groups in total. The third kappa shape index (κ3) is 4.88. The number of nitriles is 1. The van der Waals surface area contributed by atoms with E-state index in [2.05, 4.69) is 21.4 Å². The molecule has 0 aromatic heterocycles. The van der Waals surface area contributed by atoms with Gasteiger partial charge in [-0.05, 0) is 31.0 Å². The Kier molecular flexibility index (Phi) is 5.72. The fourth-order valence-electron chi connectivity index (χ4n) is 1.70. The normalized spacial score (nSPS) is 13.1. The first-order chi connectivity index (χ1) is 8.70. The van der Waals surface area contributed by atoms with Gasteiger partial charge in [-0.2, -0.15) is 5.26 Å². The molecule has 0 heterocycles. The summed E-state index contributed by atoms with van der Waals surface area (Å²) in [5.41, 5.74) is 8.70. The van der Waals surface area contributed by atoms with E-state index in [-0.39, 0.29) is 0 Å². The van der Waals surface area contributed by atoms with Crippen molar-refractivity contribution in [3.8, 4) is 6.07 Å². The fraction of sp³-hybridized carbons (Fsp3) is 0.462. The molecule has 0 fully saturated rings. The van der Waals surface area contributed by atoms with Crippen molar-refractivity contribution in [3.63, 3.8) is 0 Å². The Morgan fingerprint density at radius 1 is 1.44 bits per heavy atom. The van der Waals surface area contributed by atoms with Gasteiger partial charge in [0.2, 0.25) is 0 Å². The van der Waals surface area contributed by atoms with Gasteiger partial charge in [0.25, 0.3) is 0 Å². The van der Waals surface area contributed by atoms with Crippen molar-refractivity contribution in [1.82, 2.24) is 5.32 Å².